The Morgan fingerprint density at radius 3 is 2.15 bits per heavy atom. The molecular formula is C17H20N2O. The van der Waals surface area contributed by atoms with Gasteiger partial charge in [-0.3, -0.25) is 4.79 Å². The van der Waals surface area contributed by atoms with Crippen LogP contribution in [0.5, 0.6) is 0 Å². The Kier molecular flexibility index (Phi) is 5.33. The van der Waals surface area contributed by atoms with Crippen molar-refractivity contribution in [3.8, 4) is 0 Å². The molecular weight excluding hydrogens is 248 g/mol. The van der Waals surface area contributed by atoms with E-state index in [1.54, 1.807) is 0 Å². The van der Waals surface area contributed by atoms with Crippen LogP contribution in [0.2, 0.25) is 0 Å². The molecule has 0 bridgehead atoms. The highest BCUT2D eigenvalue weighted by Crippen LogP contribution is 2.10. The van der Waals surface area contributed by atoms with Gasteiger partial charge in [-0.25, -0.2) is 0 Å². The monoisotopic (exact) mass is 268 g/mol. The van der Waals surface area contributed by atoms with Crippen molar-refractivity contribution >= 4 is 5.91 Å². The lowest BCUT2D eigenvalue weighted by Gasteiger charge is -2.05. The van der Waals surface area contributed by atoms with Crippen molar-refractivity contribution in [2.24, 2.45) is 5.73 Å². The van der Waals surface area contributed by atoms with Crippen molar-refractivity contribution in [2.75, 3.05) is 13.1 Å². The van der Waals surface area contributed by atoms with Gasteiger partial charge < -0.3 is 11.1 Å². The lowest BCUT2D eigenvalue weighted by atomic mass is 10.0. The van der Waals surface area contributed by atoms with E-state index in [-0.39, 0.29) is 12.5 Å². The van der Waals surface area contributed by atoms with Crippen molar-refractivity contribution in [1.29, 1.82) is 0 Å². The van der Waals surface area contributed by atoms with Crippen LogP contribution in [0.15, 0.2) is 54.6 Å². The Labute approximate surface area is 119 Å². The molecule has 0 aliphatic heterocycles. The van der Waals surface area contributed by atoms with Gasteiger partial charge in [-0.05, 0) is 36.1 Å². The van der Waals surface area contributed by atoms with Gasteiger partial charge in [0.2, 0.25) is 5.91 Å². The van der Waals surface area contributed by atoms with Crippen LogP contribution in [-0.4, -0.2) is 19.0 Å². The average molecular weight is 268 g/mol. The highest BCUT2D eigenvalue weighted by atomic mass is 16.1. The first-order valence-corrected chi connectivity index (χ1v) is 6.85. The summed E-state index contributed by atoms with van der Waals surface area (Å²) in [5.74, 6) is -0.316. The molecule has 3 nitrogen and oxygen atoms in total. The van der Waals surface area contributed by atoms with Gasteiger partial charge in [0.05, 0.1) is 6.54 Å². The summed E-state index contributed by atoms with van der Waals surface area (Å²) >= 11 is 0. The minimum atomic E-state index is -0.316. The number of amides is 1. The fourth-order valence-corrected chi connectivity index (χ4v) is 2.10. The molecule has 0 aliphatic rings. The second-order valence-electron chi connectivity index (χ2n) is 4.87. The zero-order valence-electron chi connectivity index (χ0n) is 11.5. The van der Waals surface area contributed by atoms with Crippen LogP contribution in [0.3, 0.4) is 0 Å². The molecule has 2 aromatic rings. The Balaban J connectivity index is 1.82. The molecule has 0 heterocycles. The summed E-state index contributed by atoms with van der Waals surface area (Å²) in [7, 11) is 0. The maximum absolute atomic E-state index is 10.6. The molecule has 0 unspecified atom stereocenters. The molecule has 0 aliphatic carbocycles. The predicted octanol–water partition coefficient (Wildman–Crippen LogP) is 1.89. The highest BCUT2D eigenvalue weighted by molar-refractivity contribution is 5.75. The maximum atomic E-state index is 10.6. The Morgan fingerprint density at radius 2 is 1.50 bits per heavy atom. The second-order valence-corrected chi connectivity index (χ2v) is 4.87. The van der Waals surface area contributed by atoms with E-state index >= 15 is 0 Å². The summed E-state index contributed by atoms with van der Waals surface area (Å²) in [5.41, 5.74) is 8.96. The Morgan fingerprint density at radius 1 is 0.900 bits per heavy atom. The molecule has 2 aromatic carbocycles. The number of benzene rings is 2. The fourth-order valence-electron chi connectivity index (χ4n) is 2.10. The number of carbonyl (C=O) groups excluding carboxylic acids is 1. The third-order valence-corrected chi connectivity index (χ3v) is 3.16. The molecule has 3 N–H and O–H groups in total. The molecule has 0 atom stereocenters. The summed E-state index contributed by atoms with van der Waals surface area (Å²) in [6.07, 6.45) is 1.86. The van der Waals surface area contributed by atoms with Crippen LogP contribution < -0.4 is 11.1 Å². The first kappa shape index (κ1) is 14.3. The lowest BCUT2D eigenvalue weighted by Crippen LogP contribution is -2.29. The minimum absolute atomic E-state index is 0.242. The molecule has 2 rings (SSSR count). The van der Waals surface area contributed by atoms with Crippen LogP contribution in [0.1, 0.15) is 16.7 Å². The standard InChI is InChI=1S/C17H20N2O/c18-17(20)13-19-11-10-14-6-8-16(9-7-14)12-15-4-2-1-3-5-15/h1-9,19H,10-13H2,(H2,18,20). The topological polar surface area (TPSA) is 55.1 Å². The highest BCUT2D eigenvalue weighted by Gasteiger charge is 1.98. The van der Waals surface area contributed by atoms with Crippen molar-refractivity contribution in [3.63, 3.8) is 0 Å². The number of rotatable bonds is 7. The zero-order chi connectivity index (χ0) is 14.2. The first-order chi connectivity index (χ1) is 9.74. The zero-order valence-corrected chi connectivity index (χ0v) is 11.5. The van der Waals surface area contributed by atoms with Gasteiger partial charge in [-0.1, -0.05) is 54.6 Å². The fraction of sp³-hybridized carbons (Fsp3) is 0.235. The van der Waals surface area contributed by atoms with Crippen LogP contribution in [-0.2, 0) is 17.6 Å². The van der Waals surface area contributed by atoms with Crippen LogP contribution in [0.25, 0.3) is 0 Å². The molecule has 0 aromatic heterocycles. The predicted molar refractivity (Wildman–Crippen MR) is 81.5 cm³/mol. The molecule has 0 fully saturated rings. The summed E-state index contributed by atoms with van der Waals surface area (Å²) in [6, 6.07) is 19.1. The van der Waals surface area contributed by atoms with Gasteiger partial charge >= 0.3 is 0 Å². The molecule has 0 spiro atoms. The summed E-state index contributed by atoms with van der Waals surface area (Å²) in [4.78, 5) is 10.6. The summed E-state index contributed by atoms with van der Waals surface area (Å²) in [6.45, 7) is 1.01. The quantitative estimate of drug-likeness (QED) is 0.754. The Hall–Kier alpha value is -2.13. The van der Waals surface area contributed by atoms with Crippen LogP contribution >= 0.6 is 0 Å². The van der Waals surface area contributed by atoms with Crippen molar-refractivity contribution in [3.05, 3.63) is 71.3 Å². The normalized spacial score (nSPS) is 10.4. The number of nitrogens with two attached hydrogens (primary N) is 1. The van der Waals surface area contributed by atoms with Gasteiger partial charge in [0.1, 0.15) is 0 Å². The van der Waals surface area contributed by atoms with Crippen molar-refractivity contribution in [2.45, 2.75) is 12.8 Å². The largest absolute Gasteiger partial charge is 0.369 e. The number of nitrogens with one attached hydrogen (secondary N) is 1. The van der Waals surface area contributed by atoms with E-state index in [9.17, 15) is 4.79 Å². The van der Waals surface area contributed by atoms with Gasteiger partial charge in [-0.15, -0.1) is 0 Å². The number of primary amides is 1. The second kappa shape index (κ2) is 7.46. The molecule has 1 amide bonds. The molecule has 0 saturated carbocycles. The van der Waals surface area contributed by atoms with E-state index in [0.717, 1.165) is 19.4 Å². The number of carbonyl (C=O) groups is 1. The van der Waals surface area contributed by atoms with Crippen molar-refractivity contribution < 1.29 is 4.79 Å². The van der Waals surface area contributed by atoms with Gasteiger partial charge in [0.15, 0.2) is 0 Å². The van der Waals surface area contributed by atoms with Crippen molar-refractivity contribution in [1.82, 2.24) is 5.32 Å². The smallest absolute Gasteiger partial charge is 0.231 e. The lowest BCUT2D eigenvalue weighted by molar-refractivity contribution is -0.117. The van der Waals surface area contributed by atoms with E-state index in [1.165, 1.54) is 16.7 Å². The third kappa shape index (κ3) is 4.86. The van der Waals surface area contributed by atoms with E-state index in [2.05, 4.69) is 53.8 Å². The van der Waals surface area contributed by atoms with Gasteiger partial charge in [-0.2, -0.15) is 0 Å². The van der Waals surface area contributed by atoms with E-state index in [4.69, 9.17) is 5.73 Å². The van der Waals surface area contributed by atoms with E-state index < -0.39 is 0 Å². The third-order valence-electron chi connectivity index (χ3n) is 3.16. The average Bonchev–Trinajstić information content (AvgIpc) is 2.46. The molecule has 104 valence electrons. The van der Waals surface area contributed by atoms with E-state index in [1.807, 2.05) is 6.07 Å². The molecule has 0 saturated heterocycles. The summed E-state index contributed by atoms with van der Waals surface area (Å²) < 4.78 is 0. The summed E-state index contributed by atoms with van der Waals surface area (Å²) in [5, 5.41) is 3.01. The molecule has 3 heteroatoms. The minimum Gasteiger partial charge on any atom is -0.369 e. The SMILES string of the molecule is NC(=O)CNCCc1ccc(Cc2ccccc2)cc1. The van der Waals surface area contributed by atoms with Crippen LogP contribution in [0, 0.1) is 0 Å². The maximum Gasteiger partial charge on any atom is 0.231 e. The van der Waals surface area contributed by atoms with Gasteiger partial charge in [0, 0.05) is 0 Å². The number of hydrogen-bond donors (Lipinski definition) is 2. The van der Waals surface area contributed by atoms with Crippen LogP contribution in [0.4, 0.5) is 0 Å². The molecule has 0 radical (unpaired) electrons. The first-order valence-electron chi connectivity index (χ1n) is 6.85. The van der Waals surface area contributed by atoms with E-state index in [0.29, 0.717) is 0 Å². The Bertz CT molecular complexity index is 535. The van der Waals surface area contributed by atoms with Gasteiger partial charge in [0.25, 0.3) is 0 Å². The molecule has 20 heavy (non-hydrogen) atoms. The number of hydrogen-bond acceptors (Lipinski definition) is 2.